The number of halogens is 3. The minimum Gasteiger partial charge on any atom is -0.433 e. The summed E-state index contributed by atoms with van der Waals surface area (Å²) in [5.74, 6) is -0.974. The van der Waals surface area contributed by atoms with Crippen molar-refractivity contribution < 1.29 is 27.4 Å². The van der Waals surface area contributed by atoms with Crippen molar-refractivity contribution in [3.8, 4) is 5.75 Å². The summed E-state index contributed by atoms with van der Waals surface area (Å²) in [5, 5.41) is 5.09. The van der Waals surface area contributed by atoms with Gasteiger partial charge in [0.25, 0.3) is 0 Å². The van der Waals surface area contributed by atoms with Crippen LogP contribution in [0.2, 0.25) is 0 Å². The highest BCUT2D eigenvalue weighted by atomic mass is 19.3. The fourth-order valence-electron chi connectivity index (χ4n) is 2.17. The van der Waals surface area contributed by atoms with Gasteiger partial charge in [0, 0.05) is 24.8 Å². The molecule has 0 atom stereocenters. The number of amides is 2. The molecule has 1 aliphatic rings. The number of rotatable bonds is 4. The highest BCUT2D eigenvalue weighted by molar-refractivity contribution is 5.91. The number of hydrogen-bond acceptors (Lipinski definition) is 3. The van der Waals surface area contributed by atoms with Crippen molar-refractivity contribution in [2.75, 3.05) is 18.5 Å². The Morgan fingerprint density at radius 1 is 1.36 bits per heavy atom. The maximum absolute atomic E-state index is 13.2. The molecular weight excluding hydrogens is 301 g/mol. The van der Waals surface area contributed by atoms with Crippen molar-refractivity contribution >= 4 is 11.7 Å². The average Bonchev–Trinajstić information content (AvgIpc) is 2.41. The molecule has 1 heterocycles. The Bertz CT molecular complexity index is 534. The molecule has 0 aliphatic carbocycles. The monoisotopic (exact) mass is 318 g/mol. The predicted octanol–water partition coefficient (Wildman–Crippen LogP) is 3.12. The standard InChI is InChI=1S/C14H17F3N2O3/c1-14(4-6-21-7-5-14)19-13(20)18-10-8-9(15)2-3-11(10)22-12(16)17/h2-3,8,12H,4-7H2,1H3,(H2,18,19,20). The largest absolute Gasteiger partial charge is 0.433 e. The highest BCUT2D eigenvalue weighted by Gasteiger charge is 2.29. The molecule has 0 saturated carbocycles. The summed E-state index contributed by atoms with van der Waals surface area (Å²) < 4.78 is 47.3. The quantitative estimate of drug-likeness (QED) is 0.897. The van der Waals surface area contributed by atoms with E-state index < -0.39 is 24.0 Å². The maximum Gasteiger partial charge on any atom is 0.387 e. The van der Waals surface area contributed by atoms with Crippen LogP contribution in [0.1, 0.15) is 19.8 Å². The molecule has 22 heavy (non-hydrogen) atoms. The van der Waals surface area contributed by atoms with Gasteiger partial charge in [-0.05, 0) is 31.9 Å². The van der Waals surface area contributed by atoms with Gasteiger partial charge in [0.05, 0.1) is 5.69 Å². The van der Waals surface area contributed by atoms with E-state index in [1.807, 2.05) is 6.92 Å². The van der Waals surface area contributed by atoms with E-state index in [1.165, 1.54) is 0 Å². The predicted molar refractivity (Wildman–Crippen MR) is 73.6 cm³/mol. The minimum atomic E-state index is -3.07. The van der Waals surface area contributed by atoms with Crippen molar-refractivity contribution in [1.29, 1.82) is 0 Å². The Balaban J connectivity index is 2.05. The topological polar surface area (TPSA) is 59.6 Å². The summed E-state index contributed by atoms with van der Waals surface area (Å²) in [6.45, 7) is -0.161. The van der Waals surface area contributed by atoms with Gasteiger partial charge in [-0.2, -0.15) is 8.78 Å². The normalized spacial score (nSPS) is 17.1. The Kier molecular flexibility index (Phi) is 5.12. The summed E-state index contributed by atoms with van der Waals surface area (Å²) in [6.07, 6.45) is 1.26. The second-order valence-corrected chi connectivity index (χ2v) is 5.27. The zero-order valence-electron chi connectivity index (χ0n) is 12.0. The number of nitrogens with one attached hydrogen (secondary N) is 2. The lowest BCUT2D eigenvalue weighted by molar-refractivity contribution is -0.0494. The third-order valence-electron chi connectivity index (χ3n) is 3.42. The van der Waals surface area contributed by atoms with Crippen molar-refractivity contribution in [2.24, 2.45) is 0 Å². The molecular formula is C14H17F3N2O3. The van der Waals surface area contributed by atoms with Crippen LogP contribution in [0.3, 0.4) is 0 Å². The van der Waals surface area contributed by atoms with Crippen LogP contribution < -0.4 is 15.4 Å². The van der Waals surface area contributed by atoms with Crippen LogP contribution in [0.25, 0.3) is 0 Å². The van der Waals surface area contributed by atoms with Gasteiger partial charge in [-0.3, -0.25) is 0 Å². The molecule has 8 heteroatoms. The molecule has 1 saturated heterocycles. The van der Waals surface area contributed by atoms with E-state index in [0.29, 0.717) is 26.1 Å². The van der Waals surface area contributed by atoms with Crippen molar-refractivity contribution in [2.45, 2.75) is 31.9 Å². The molecule has 0 spiro atoms. The van der Waals surface area contributed by atoms with Crippen LogP contribution in [-0.4, -0.2) is 31.4 Å². The van der Waals surface area contributed by atoms with Crippen LogP contribution in [0.4, 0.5) is 23.7 Å². The van der Waals surface area contributed by atoms with Crippen LogP contribution in [-0.2, 0) is 4.74 Å². The van der Waals surface area contributed by atoms with E-state index in [0.717, 1.165) is 18.2 Å². The Labute approximate surface area is 125 Å². The molecule has 122 valence electrons. The Hall–Kier alpha value is -1.96. The van der Waals surface area contributed by atoms with Crippen LogP contribution in [0, 0.1) is 5.82 Å². The Morgan fingerprint density at radius 3 is 2.68 bits per heavy atom. The lowest BCUT2D eigenvalue weighted by Crippen LogP contribution is -2.51. The third kappa shape index (κ3) is 4.52. The lowest BCUT2D eigenvalue weighted by atomic mass is 9.93. The van der Waals surface area contributed by atoms with Crippen LogP contribution in [0.15, 0.2) is 18.2 Å². The number of urea groups is 1. The van der Waals surface area contributed by atoms with E-state index in [4.69, 9.17) is 4.74 Å². The minimum absolute atomic E-state index is 0.159. The number of benzene rings is 1. The summed E-state index contributed by atoms with van der Waals surface area (Å²) in [4.78, 5) is 12.0. The molecule has 0 bridgehead atoms. The zero-order valence-corrected chi connectivity index (χ0v) is 12.0. The van der Waals surface area contributed by atoms with Gasteiger partial charge in [0.15, 0.2) is 0 Å². The molecule has 0 radical (unpaired) electrons. The van der Waals surface area contributed by atoms with E-state index in [1.54, 1.807) is 0 Å². The molecule has 2 amide bonds. The second-order valence-electron chi connectivity index (χ2n) is 5.27. The second kappa shape index (κ2) is 6.87. The van der Waals surface area contributed by atoms with Gasteiger partial charge < -0.3 is 20.1 Å². The summed E-state index contributed by atoms with van der Waals surface area (Å²) in [5.41, 5.74) is -0.618. The van der Waals surface area contributed by atoms with Crippen molar-refractivity contribution in [3.05, 3.63) is 24.0 Å². The van der Waals surface area contributed by atoms with Gasteiger partial charge in [0.1, 0.15) is 11.6 Å². The first-order chi connectivity index (χ1) is 10.4. The summed E-state index contributed by atoms with van der Waals surface area (Å²) in [7, 11) is 0. The summed E-state index contributed by atoms with van der Waals surface area (Å²) >= 11 is 0. The Morgan fingerprint density at radius 2 is 2.05 bits per heavy atom. The van der Waals surface area contributed by atoms with E-state index >= 15 is 0 Å². The number of ether oxygens (including phenoxy) is 2. The maximum atomic E-state index is 13.2. The van der Waals surface area contributed by atoms with Gasteiger partial charge in [-0.15, -0.1) is 0 Å². The summed E-state index contributed by atoms with van der Waals surface area (Å²) in [6, 6.07) is 2.31. The molecule has 2 N–H and O–H groups in total. The van der Waals surface area contributed by atoms with Crippen LogP contribution >= 0.6 is 0 Å². The molecule has 1 aromatic rings. The van der Waals surface area contributed by atoms with E-state index in [9.17, 15) is 18.0 Å². The SMILES string of the molecule is CC1(NC(=O)Nc2cc(F)ccc2OC(F)F)CCOCC1. The highest BCUT2D eigenvalue weighted by Crippen LogP contribution is 2.27. The van der Waals surface area contributed by atoms with Crippen molar-refractivity contribution in [1.82, 2.24) is 5.32 Å². The third-order valence-corrected chi connectivity index (χ3v) is 3.42. The zero-order chi connectivity index (χ0) is 16.2. The molecule has 5 nitrogen and oxygen atoms in total. The van der Waals surface area contributed by atoms with Gasteiger partial charge in [-0.25, -0.2) is 9.18 Å². The number of carbonyl (C=O) groups is 1. The number of carbonyl (C=O) groups excluding carboxylic acids is 1. The number of alkyl halides is 2. The lowest BCUT2D eigenvalue weighted by Gasteiger charge is -2.34. The smallest absolute Gasteiger partial charge is 0.387 e. The molecule has 1 aromatic carbocycles. The first-order valence-electron chi connectivity index (χ1n) is 6.79. The average molecular weight is 318 g/mol. The van der Waals surface area contributed by atoms with Gasteiger partial charge in [0.2, 0.25) is 0 Å². The first kappa shape index (κ1) is 16.4. The van der Waals surface area contributed by atoms with Crippen molar-refractivity contribution in [3.63, 3.8) is 0 Å². The molecule has 1 aliphatic heterocycles. The number of anilines is 1. The number of hydrogen-bond donors (Lipinski definition) is 2. The van der Waals surface area contributed by atoms with Gasteiger partial charge in [-0.1, -0.05) is 0 Å². The van der Waals surface area contributed by atoms with Gasteiger partial charge >= 0.3 is 12.6 Å². The molecule has 1 fully saturated rings. The molecule has 2 rings (SSSR count). The molecule has 0 unspecified atom stereocenters. The fraction of sp³-hybridized carbons (Fsp3) is 0.500. The van der Waals surface area contributed by atoms with E-state index in [2.05, 4.69) is 15.4 Å². The first-order valence-corrected chi connectivity index (χ1v) is 6.79. The van der Waals surface area contributed by atoms with E-state index in [-0.39, 0.29) is 11.4 Å². The molecule has 0 aromatic heterocycles. The fourth-order valence-corrected chi connectivity index (χ4v) is 2.17. The van der Waals surface area contributed by atoms with Crippen LogP contribution in [0.5, 0.6) is 5.75 Å².